The quantitative estimate of drug-likeness (QED) is 0.943. The Kier molecular flexibility index (Phi) is 3.62. The third-order valence-electron chi connectivity index (χ3n) is 3.49. The van der Waals surface area contributed by atoms with Crippen molar-refractivity contribution in [3.8, 4) is 11.5 Å². The summed E-state index contributed by atoms with van der Waals surface area (Å²) in [7, 11) is 0. The maximum Gasteiger partial charge on any atom is 0.231 e. The molecule has 1 N–H and O–H groups in total. The largest absolute Gasteiger partial charge is 0.454 e. The summed E-state index contributed by atoms with van der Waals surface area (Å²) >= 11 is 0. The lowest BCUT2D eigenvalue weighted by molar-refractivity contribution is 0.109. The van der Waals surface area contributed by atoms with E-state index in [-0.39, 0.29) is 12.2 Å². The highest BCUT2D eigenvalue weighted by Gasteiger charge is 2.27. The van der Waals surface area contributed by atoms with E-state index in [2.05, 4.69) is 10.1 Å². The molecule has 1 atom stereocenters. The predicted molar refractivity (Wildman–Crippen MR) is 82.2 cm³/mol. The Labute approximate surface area is 129 Å². The van der Waals surface area contributed by atoms with Crippen molar-refractivity contribution in [1.82, 2.24) is 14.8 Å². The van der Waals surface area contributed by atoms with Gasteiger partial charge in [-0.15, -0.1) is 0 Å². The number of fused-ring (bicyclic) bond motifs is 1. The summed E-state index contributed by atoms with van der Waals surface area (Å²) in [6.45, 7) is 6.16. The average molecular weight is 301 g/mol. The summed E-state index contributed by atoms with van der Waals surface area (Å²) in [5, 5.41) is 14.8. The molecule has 0 spiro atoms. The molecule has 1 aliphatic rings. The van der Waals surface area contributed by atoms with Crippen molar-refractivity contribution in [3.05, 3.63) is 36.4 Å². The molecule has 1 aromatic carbocycles. The summed E-state index contributed by atoms with van der Waals surface area (Å²) in [4.78, 5) is 3.96. The third kappa shape index (κ3) is 2.82. The van der Waals surface area contributed by atoms with Crippen molar-refractivity contribution in [2.24, 2.45) is 5.41 Å². The maximum absolute atomic E-state index is 10.7. The van der Waals surface area contributed by atoms with E-state index < -0.39 is 6.10 Å². The van der Waals surface area contributed by atoms with Crippen molar-refractivity contribution >= 4 is 11.8 Å². The van der Waals surface area contributed by atoms with Gasteiger partial charge in [0.05, 0.1) is 5.70 Å². The van der Waals surface area contributed by atoms with Crippen molar-refractivity contribution in [2.45, 2.75) is 26.9 Å². The number of ether oxygens (including phenoxy) is 2. The van der Waals surface area contributed by atoms with Gasteiger partial charge in [-0.05, 0) is 29.2 Å². The first-order valence-electron chi connectivity index (χ1n) is 7.09. The van der Waals surface area contributed by atoms with E-state index >= 15 is 0 Å². The Hall–Kier alpha value is -2.34. The summed E-state index contributed by atoms with van der Waals surface area (Å²) in [5.41, 5.74) is 1.23. The number of hydrogen-bond donors (Lipinski definition) is 1. The lowest BCUT2D eigenvalue weighted by atomic mass is 9.86. The molecule has 0 saturated heterocycles. The fourth-order valence-electron chi connectivity index (χ4n) is 2.23. The Morgan fingerprint density at radius 2 is 2.09 bits per heavy atom. The highest BCUT2D eigenvalue weighted by Crippen LogP contribution is 2.34. The van der Waals surface area contributed by atoms with Gasteiger partial charge in [0.25, 0.3) is 0 Å². The number of hydrogen-bond acceptors (Lipinski definition) is 5. The van der Waals surface area contributed by atoms with E-state index in [9.17, 15) is 5.11 Å². The van der Waals surface area contributed by atoms with E-state index in [0.29, 0.717) is 11.4 Å². The van der Waals surface area contributed by atoms with Crippen LogP contribution in [0, 0.1) is 5.41 Å². The van der Waals surface area contributed by atoms with Crippen molar-refractivity contribution in [1.29, 1.82) is 0 Å². The summed E-state index contributed by atoms with van der Waals surface area (Å²) in [6, 6.07) is 5.66. The van der Waals surface area contributed by atoms with Gasteiger partial charge in [0.15, 0.2) is 11.5 Å². The topological polar surface area (TPSA) is 69.4 Å². The first kappa shape index (κ1) is 14.6. The van der Waals surface area contributed by atoms with Gasteiger partial charge in [0, 0.05) is 0 Å². The first-order valence-corrected chi connectivity index (χ1v) is 7.09. The number of aromatic nitrogens is 3. The molecule has 0 fully saturated rings. The molecule has 0 aliphatic carbocycles. The zero-order valence-electron chi connectivity index (χ0n) is 12.9. The van der Waals surface area contributed by atoms with Crippen molar-refractivity contribution in [2.75, 3.05) is 6.79 Å². The van der Waals surface area contributed by atoms with Gasteiger partial charge >= 0.3 is 0 Å². The third-order valence-corrected chi connectivity index (χ3v) is 3.49. The lowest BCUT2D eigenvalue weighted by Crippen LogP contribution is -2.29. The molecule has 0 saturated carbocycles. The molecule has 6 nitrogen and oxygen atoms in total. The normalized spacial score (nSPS) is 15.9. The highest BCUT2D eigenvalue weighted by molar-refractivity contribution is 5.74. The molecule has 2 heterocycles. The van der Waals surface area contributed by atoms with Gasteiger partial charge in [0.1, 0.15) is 18.8 Å². The van der Waals surface area contributed by atoms with Crippen LogP contribution in [-0.4, -0.2) is 32.8 Å². The molecule has 6 heteroatoms. The van der Waals surface area contributed by atoms with Crippen LogP contribution in [0.2, 0.25) is 0 Å². The van der Waals surface area contributed by atoms with E-state index in [1.54, 1.807) is 11.0 Å². The first-order chi connectivity index (χ1) is 10.4. The molecule has 0 amide bonds. The SMILES string of the molecule is CC(C)(C)C(O)C(=Cc1ccc2c(c1)OCO2)n1cncn1. The number of rotatable bonds is 3. The molecule has 0 radical (unpaired) electrons. The Morgan fingerprint density at radius 3 is 2.77 bits per heavy atom. The average Bonchev–Trinajstić information content (AvgIpc) is 3.13. The Morgan fingerprint density at radius 1 is 1.32 bits per heavy atom. The smallest absolute Gasteiger partial charge is 0.231 e. The minimum atomic E-state index is -0.695. The summed E-state index contributed by atoms with van der Waals surface area (Å²) < 4.78 is 12.3. The molecule has 1 unspecified atom stereocenters. The van der Waals surface area contributed by atoms with Crippen molar-refractivity contribution in [3.63, 3.8) is 0 Å². The molecule has 1 aliphatic heterocycles. The van der Waals surface area contributed by atoms with Crippen LogP contribution in [0.5, 0.6) is 11.5 Å². The fourth-order valence-corrected chi connectivity index (χ4v) is 2.23. The molecule has 2 aromatic rings. The maximum atomic E-state index is 10.7. The Balaban J connectivity index is 2.02. The molecule has 22 heavy (non-hydrogen) atoms. The molecule has 116 valence electrons. The van der Waals surface area contributed by atoms with Gasteiger partial charge in [-0.2, -0.15) is 5.10 Å². The van der Waals surface area contributed by atoms with E-state index in [4.69, 9.17) is 9.47 Å². The van der Waals surface area contributed by atoms with Gasteiger partial charge in [0.2, 0.25) is 6.79 Å². The number of nitrogens with zero attached hydrogens (tertiary/aromatic N) is 3. The molecular formula is C16H19N3O3. The van der Waals surface area contributed by atoms with Crippen LogP contribution in [0.1, 0.15) is 26.3 Å². The zero-order chi connectivity index (χ0) is 15.7. The lowest BCUT2D eigenvalue weighted by Gasteiger charge is -2.28. The van der Waals surface area contributed by atoms with Crippen LogP contribution in [0.3, 0.4) is 0 Å². The van der Waals surface area contributed by atoms with Crippen LogP contribution in [0.15, 0.2) is 30.9 Å². The molecule has 0 bridgehead atoms. The second kappa shape index (κ2) is 5.46. The highest BCUT2D eigenvalue weighted by atomic mass is 16.7. The zero-order valence-corrected chi connectivity index (χ0v) is 12.9. The minimum absolute atomic E-state index is 0.239. The monoisotopic (exact) mass is 301 g/mol. The number of aliphatic hydroxyl groups excluding tert-OH is 1. The standard InChI is InChI=1S/C16H19N3O3/c1-16(2,3)15(20)12(19-9-17-8-18-19)6-11-4-5-13-14(7-11)22-10-21-13/h4-9,15,20H,10H2,1-3H3. The van der Waals surface area contributed by atoms with Crippen LogP contribution in [0.25, 0.3) is 11.8 Å². The minimum Gasteiger partial charge on any atom is -0.454 e. The van der Waals surface area contributed by atoms with E-state index in [1.807, 2.05) is 45.0 Å². The second-order valence-electron chi connectivity index (χ2n) is 6.29. The van der Waals surface area contributed by atoms with Gasteiger partial charge in [-0.1, -0.05) is 26.8 Å². The van der Waals surface area contributed by atoms with Crippen LogP contribution >= 0.6 is 0 Å². The molecular weight excluding hydrogens is 282 g/mol. The van der Waals surface area contributed by atoms with E-state index in [0.717, 1.165) is 11.3 Å². The van der Waals surface area contributed by atoms with Crippen LogP contribution in [0.4, 0.5) is 0 Å². The second-order valence-corrected chi connectivity index (χ2v) is 6.29. The Bertz CT molecular complexity index is 687. The van der Waals surface area contributed by atoms with Gasteiger partial charge in [-0.3, -0.25) is 0 Å². The summed E-state index contributed by atoms with van der Waals surface area (Å²) in [5.74, 6) is 1.44. The van der Waals surface area contributed by atoms with Crippen LogP contribution in [-0.2, 0) is 0 Å². The van der Waals surface area contributed by atoms with Crippen LogP contribution < -0.4 is 9.47 Å². The van der Waals surface area contributed by atoms with Crippen molar-refractivity contribution < 1.29 is 14.6 Å². The van der Waals surface area contributed by atoms with Gasteiger partial charge < -0.3 is 14.6 Å². The van der Waals surface area contributed by atoms with E-state index in [1.165, 1.54) is 6.33 Å². The number of benzene rings is 1. The summed E-state index contributed by atoms with van der Waals surface area (Å²) in [6.07, 6.45) is 4.21. The van der Waals surface area contributed by atoms with Gasteiger partial charge in [-0.25, -0.2) is 9.67 Å². The molecule has 3 rings (SSSR count). The molecule has 1 aromatic heterocycles. The fraction of sp³-hybridized carbons (Fsp3) is 0.375. The predicted octanol–water partition coefficient (Wildman–Crippen LogP) is 2.41. The number of aliphatic hydroxyl groups is 1.